The molecule has 0 radical (unpaired) electrons. The Labute approximate surface area is 163 Å². The minimum absolute atomic E-state index is 0. The summed E-state index contributed by atoms with van der Waals surface area (Å²) in [5.74, 6) is 1.43. The van der Waals surface area contributed by atoms with Gasteiger partial charge in [0.25, 0.3) is 5.91 Å². The summed E-state index contributed by atoms with van der Waals surface area (Å²) in [4.78, 5) is 27.1. The van der Waals surface area contributed by atoms with Crippen LogP contribution in [0, 0.1) is 5.92 Å². The molecule has 2 saturated heterocycles. The van der Waals surface area contributed by atoms with Crippen molar-refractivity contribution >= 4 is 47.6 Å². The van der Waals surface area contributed by atoms with Gasteiger partial charge in [-0.2, -0.15) is 0 Å². The van der Waals surface area contributed by atoms with Gasteiger partial charge in [-0.05, 0) is 49.7 Å². The van der Waals surface area contributed by atoms with Crippen LogP contribution in [0.4, 0.5) is 0 Å². The quantitative estimate of drug-likeness (QED) is 0.812. The molecule has 0 aliphatic carbocycles. The van der Waals surface area contributed by atoms with Crippen molar-refractivity contribution in [2.24, 2.45) is 5.92 Å². The molecule has 0 bridgehead atoms. The van der Waals surface area contributed by atoms with Gasteiger partial charge in [0.1, 0.15) is 6.04 Å². The standard InChI is InChI=1S/C17H22ClN3O2S.ClH/c1-11-8-19-7-6-14(11)20-16(22)15-9-24-10-21(15)17(23)12-2-4-13(18)5-3-12;/h2-5,11,14-15,19H,6-10H2,1H3,(H,20,22);1H. The maximum atomic E-state index is 12.7. The molecule has 1 aromatic rings. The molecule has 3 rings (SSSR count). The number of carbonyl (C=O) groups is 2. The Bertz CT molecular complexity index is 614. The zero-order valence-electron chi connectivity index (χ0n) is 14.0. The van der Waals surface area contributed by atoms with E-state index in [0.717, 1.165) is 19.5 Å². The average molecular weight is 404 g/mol. The Morgan fingerprint density at radius 2 is 2.04 bits per heavy atom. The summed E-state index contributed by atoms with van der Waals surface area (Å²) in [6.07, 6.45) is 0.928. The first-order valence-corrected chi connectivity index (χ1v) is 9.75. The summed E-state index contributed by atoms with van der Waals surface area (Å²) in [5.41, 5.74) is 0.565. The summed E-state index contributed by atoms with van der Waals surface area (Å²) in [6, 6.07) is 6.58. The SMILES string of the molecule is CC1CNCCC1NC(=O)C1CSCN1C(=O)c1ccc(Cl)cc1.Cl. The van der Waals surface area contributed by atoms with Crippen LogP contribution < -0.4 is 10.6 Å². The van der Waals surface area contributed by atoms with Gasteiger partial charge in [-0.15, -0.1) is 24.2 Å². The lowest BCUT2D eigenvalue weighted by Gasteiger charge is -2.32. The molecule has 5 nitrogen and oxygen atoms in total. The molecule has 2 aliphatic rings. The number of halogens is 2. The van der Waals surface area contributed by atoms with Crippen LogP contribution in [0.5, 0.6) is 0 Å². The van der Waals surface area contributed by atoms with Crippen LogP contribution in [-0.2, 0) is 4.79 Å². The summed E-state index contributed by atoms with van der Waals surface area (Å²) in [6.45, 7) is 3.97. The molecule has 2 heterocycles. The van der Waals surface area contributed by atoms with Crippen molar-refractivity contribution in [2.75, 3.05) is 24.7 Å². The topological polar surface area (TPSA) is 61.4 Å². The second-order valence-electron chi connectivity index (χ2n) is 6.38. The van der Waals surface area contributed by atoms with E-state index in [0.29, 0.717) is 28.1 Å². The van der Waals surface area contributed by atoms with Crippen molar-refractivity contribution in [3.63, 3.8) is 0 Å². The van der Waals surface area contributed by atoms with Crippen LogP contribution in [0.1, 0.15) is 23.7 Å². The summed E-state index contributed by atoms with van der Waals surface area (Å²) in [5, 5.41) is 7.07. The number of thioether (sulfide) groups is 1. The van der Waals surface area contributed by atoms with Crippen molar-refractivity contribution in [3.05, 3.63) is 34.9 Å². The second-order valence-corrected chi connectivity index (χ2v) is 7.82. The van der Waals surface area contributed by atoms with E-state index >= 15 is 0 Å². The molecule has 2 fully saturated rings. The Kier molecular flexibility index (Phi) is 7.43. The van der Waals surface area contributed by atoms with Gasteiger partial charge in [0.05, 0.1) is 5.88 Å². The van der Waals surface area contributed by atoms with Gasteiger partial charge in [0.15, 0.2) is 0 Å². The Hall–Kier alpha value is -0.950. The van der Waals surface area contributed by atoms with Crippen LogP contribution in [0.3, 0.4) is 0 Å². The van der Waals surface area contributed by atoms with Crippen molar-refractivity contribution in [1.82, 2.24) is 15.5 Å². The zero-order valence-corrected chi connectivity index (χ0v) is 16.4. The number of hydrogen-bond donors (Lipinski definition) is 2. The first-order valence-electron chi connectivity index (χ1n) is 8.21. The van der Waals surface area contributed by atoms with Crippen LogP contribution >= 0.6 is 35.8 Å². The lowest BCUT2D eigenvalue weighted by Crippen LogP contribution is -2.54. The lowest BCUT2D eigenvalue weighted by molar-refractivity contribution is -0.125. The second kappa shape index (κ2) is 9.12. The maximum absolute atomic E-state index is 12.7. The summed E-state index contributed by atoms with van der Waals surface area (Å²) >= 11 is 7.49. The summed E-state index contributed by atoms with van der Waals surface area (Å²) in [7, 11) is 0. The Morgan fingerprint density at radius 1 is 1.32 bits per heavy atom. The minimum Gasteiger partial charge on any atom is -0.351 e. The van der Waals surface area contributed by atoms with Crippen molar-refractivity contribution in [2.45, 2.75) is 25.4 Å². The van der Waals surface area contributed by atoms with Gasteiger partial charge >= 0.3 is 0 Å². The van der Waals surface area contributed by atoms with Gasteiger partial charge < -0.3 is 15.5 Å². The molecular weight excluding hydrogens is 381 g/mol. The summed E-state index contributed by atoms with van der Waals surface area (Å²) < 4.78 is 0. The molecule has 0 spiro atoms. The number of carbonyl (C=O) groups excluding carboxylic acids is 2. The molecule has 8 heteroatoms. The molecule has 0 aromatic heterocycles. The fourth-order valence-electron chi connectivity index (χ4n) is 3.13. The first kappa shape index (κ1) is 20.4. The van der Waals surface area contributed by atoms with Gasteiger partial charge in [0.2, 0.25) is 5.91 Å². The highest BCUT2D eigenvalue weighted by atomic mass is 35.5. The third-order valence-corrected chi connectivity index (χ3v) is 5.91. The highest BCUT2D eigenvalue weighted by molar-refractivity contribution is 7.99. The molecule has 3 unspecified atom stereocenters. The molecule has 3 atom stereocenters. The van der Waals surface area contributed by atoms with E-state index in [4.69, 9.17) is 11.6 Å². The molecule has 1 aromatic carbocycles. The van der Waals surface area contributed by atoms with Gasteiger partial charge in [0, 0.05) is 22.4 Å². The minimum atomic E-state index is -0.403. The first-order chi connectivity index (χ1) is 11.6. The smallest absolute Gasteiger partial charge is 0.255 e. The van der Waals surface area contributed by atoms with E-state index in [-0.39, 0.29) is 30.3 Å². The zero-order chi connectivity index (χ0) is 17.1. The van der Waals surface area contributed by atoms with E-state index in [1.807, 2.05) is 0 Å². The maximum Gasteiger partial charge on any atom is 0.255 e. The van der Waals surface area contributed by atoms with Crippen LogP contribution in [0.2, 0.25) is 5.02 Å². The average Bonchev–Trinajstić information content (AvgIpc) is 3.07. The van der Waals surface area contributed by atoms with E-state index in [9.17, 15) is 9.59 Å². The fraction of sp³-hybridized carbons (Fsp3) is 0.529. The number of hydrogen-bond acceptors (Lipinski definition) is 4. The van der Waals surface area contributed by atoms with E-state index in [1.165, 1.54) is 0 Å². The predicted octanol–water partition coefficient (Wildman–Crippen LogP) is 2.39. The molecule has 2 N–H and O–H groups in total. The molecule has 2 amide bonds. The monoisotopic (exact) mass is 403 g/mol. The lowest BCUT2D eigenvalue weighted by atomic mass is 9.95. The molecular formula is C17H23Cl2N3O2S. The van der Waals surface area contributed by atoms with E-state index in [2.05, 4.69) is 17.6 Å². The number of piperidine rings is 1. The van der Waals surface area contributed by atoms with Gasteiger partial charge in [-0.25, -0.2) is 0 Å². The Balaban J connectivity index is 0.00000225. The van der Waals surface area contributed by atoms with E-state index < -0.39 is 6.04 Å². The predicted molar refractivity (Wildman–Crippen MR) is 105 cm³/mol. The van der Waals surface area contributed by atoms with Gasteiger partial charge in [-0.3, -0.25) is 9.59 Å². The molecule has 0 saturated carbocycles. The number of nitrogens with zero attached hydrogens (tertiary/aromatic N) is 1. The Morgan fingerprint density at radius 3 is 2.72 bits per heavy atom. The van der Waals surface area contributed by atoms with Crippen molar-refractivity contribution < 1.29 is 9.59 Å². The van der Waals surface area contributed by atoms with E-state index in [1.54, 1.807) is 40.9 Å². The number of benzene rings is 1. The number of rotatable bonds is 3. The third kappa shape index (κ3) is 4.82. The van der Waals surface area contributed by atoms with Crippen LogP contribution in [-0.4, -0.2) is 53.5 Å². The number of amides is 2. The fourth-order valence-corrected chi connectivity index (χ4v) is 4.41. The highest BCUT2D eigenvalue weighted by Gasteiger charge is 2.36. The van der Waals surface area contributed by atoms with Crippen LogP contribution in [0.15, 0.2) is 24.3 Å². The largest absolute Gasteiger partial charge is 0.351 e. The number of nitrogens with one attached hydrogen (secondary N) is 2. The molecule has 138 valence electrons. The normalized spacial score (nSPS) is 26.0. The van der Waals surface area contributed by atoms with Gasteiger partial charge in [-0.1, -0.05) is 18.5 Å². The highest BCUT2D eigenvalue weighted by Crippen LogP contribution is 2.24. The molecule has 2 aliphatic heterocycles. The van der Waals surface area contributed by atoms with Crippen molar-refractivity contribution in [1.29, 1.82) is 0 Å². The molecule has 25 heavy (non-hydrogen) atoms. The third-order valence-electron chi connectivity index (χ3n) is 4.65. The van der Waals surface area contributed by atoms with Crippen molar-refractivity contribution in [3.8, 4) is 0 Å². The van der Waals surface area contributed by atoms with Crippen LogP contribution in [0.25, 0.3) is 0 Å².